The van der Waals surface area contributed by atoms with Gasteiger partial charge in [-0.3, -0.25) is 0 Å². The summed E-state index contributed by atoms with van der Waals surface area (Å²) in [6.07, 6.45) is 1.75. The molecule has 0 bridgehead atoms. The van der Waals surface area contributed by atoms with Crippen LogP contribution in [-0.2, 0) is 0 Å². The molecule has 1 rings (SSSR count). The van der Waals surface area contributed by atoms with Crippen LogP contribution in [0.2, 0.25) is 5.02 Å². The fourth-order valence-corrected chi connectivity index (χ4v) is 1.67. The highest BCUT2D eigenvalue weighted by atomic mass is 79.9. The van der Waals surface area contributed by atoms with Crippen molar-refractivity contribution in [2.24, 2.45) is 0 Å². The molecule has 0 atom stereocenters. The van der Waals surface area contributed by atoms with Crippen molar-refractivity contribution in [1.82, 2.24) is 4.98 Å². The summed E-state index contributed by atoms with van der Waals surface area (Å²) in [5.74, 6) is 0.819. The Morgan fingerprint density at radius 1 is 1.54 bits per heavy atom. The second-order valence-electron chi connectivity index (χ2n) is 3.16. The molecule has 2 nitrogen and oxygen atoms in total. The zero-order valence-electron chi connectivity index (χ0n) is 7.88. The number of halogens is 2. The molecule has 0 aromatic carbocycles. The number of hydrogen-bond donors (Lipinski definition) is 0. The zero-order valence-corrected chi connectivity index (χ0v) is 10.2. The molecule has 0 fully saturated rings. The molecule has 0 amide bonds. The minimum Gasteiger partial charge on any atom is -0.356 e. The molecule has 13 heavy (non-hydrogen) atoms. The van der Waals surface area contributed by atoms with Gasteiger partial charge in [0.25, 0.3) is 0 Å². The van der Waals surface area contributed by atoms with Gasteiger partial charge in [-0.05, 0) is 35.8 Å². The number of pyridine rings is 1. The molecular weight excluding hydrogens is 251 g/mol. The molecule has 0 aliphatic heterocycles. The number of rotatable bonds is 2. The molecule has 1 aromatic rings. The van der Waals surface area contributed by atoms with Gasteiger partial charge in [-0.25, -0.2) is 4.98 Å². The van der Waals surface area contributed by atoms with Gasteiger partial charge in [0, 0.05) is 23.8 Å². The normalized spacial score (nSPS) is 10.6. The van der Waals surface area contributed by atoms with Gasteiger partial charge in [0.15, 0.2) is 0 Å². The van der Waals surface area contributed by atoms with E-state index in [2.05, 4.69) is 34.8 Å². The molecule has 0 spiro atoms. The molecule has 1 heterocycles. The van der Waals surface area contributed by atoms with Gasteiger partial charge in [0.1, 0.15) is 5.82 Å². The maximum Gasteiger partial charge on any atom is 0.147 e. The van der Waals surface area contributed by atoms with Gasteiger partial charge in [-0.1, -0.05) is 11.6 Å². The summed E-state index contributed by atoms with van der Waals surface area (Å²) in [4.78, 5) is 6.28. The van der Waals surface area contributed by atoms with Gasteiger partial charge in [-0.2, -0.15) is 0 Å². The molecule has 1 aromatic heterocycles. The van der Waals surface area contributed by atoms with Gasteiger partial charge in [0.2, 0.25) is 0 Å². The molecule has 0 N–H and O–H groups in total. The first-order valence-corrected chi connectivity index (χ1v) is 5.23. The summed E-state index contributed by atoms with van der Waals surface area (Å²) in [5, 5.41) is 0.672. The van der Waals surface area contributed by atoms with E-state index in [-0.39, 0.29) is 0 Å². The Kier molecular flexibility index (Phi) is 3.56. The van der Waals surface area contributed by atoms with Crippen LogP contribution in [0.15, 0.2) is 16.7 Å². The third kappa shape index (κ3) is 2.58. The Labute approximate surface area is 92.0 Å². The van der Waals surface area contributed by atoms with E-state index >= 15 is 0 Å². The topological polar surface area (TPSA) is 16.1 Å². The van der Waals surface area contributed by atoms with Gasteiger partial charge in [-0.15, -0.1) is 0 Å². The predicted octanol–water partition coefficient (Wildman–Crippen LogP) is 3.34. The van der Waals surface area contributed by atoms with Crippen molar-refractivity contribution in [3.05, 3.63) is 21.8 Å². The third-order valence-corrected chi connectivity index (χ3v) is 2.61. The van der Waals surface area contributed by atoms with Crippen LogP contribution in [0, 0.1) is 0 Å². The van der Waals surface area contributed by atoms with E-state index in [0.717, 1.165) is 10.3 Å². The lowest BCUT2D eigenvalue weighted by Gasteiger charge is -2.23. The van der Waals surface area contributed by atoms with E-state index < -0.39 is 0 Å². The summed E-state index contributed by atoms with van der Waals surface area (Å²) in [5.41, 5.74) is 0. The fourth-order valence-electron chi connectivity index (χ4n) is 0.911. The van der Waals surface area contributed by atoms with Crippen LogP contribution in [0.1, 0.15) is 13.8 Å². The first-order valence-electron chi connectivity index (χ1n) is 4.06. The van der Waals surface area contributed by atoms with E-state index in [4.69, 9.17) is 11.6 Å². The Morgan fingerprint density at radius 2 is 2.15 bits per heavy atom. The number of aromatic nitrogens is 1. The smallest absolute Gasteiger partial charge is 0.147 e. The van der Waals surface area contributed by atoms with Crippen LogP contribution in [-0.4, -0.2) is 18.1 Å². The number of hydrogen-bond acceptors (Lipinski definition) is 2. The maximum absolute atomic E-state index is 6.03. The highest BCUT2D eigenvalue weighted by Gasteiger charge is 2.10. The Morgan fingerprint density at radius 3 is 2.62 bits per heavy atom. The minimum absolute atomic E-state index is 0.395. The molecule has 0 aliphatic rings. The van der Waals surface area contributed by atoms with E-state index in [1.807, 2.05) is 18.0 Å². The minimum atomic E-state index is 0.395. The molecule has 0 radical (unpaired) electrons. The van der Waals surface area contributed by atoms with Crippen molar-refractivity contribution in [1.29, 1.82) is 0 Å². The first kappa shape index (κ1) is 10.8. The molecular formula is C9H12BrClN2. The Balaban J connectivity index is 3.01. The van der Waals surface area contributed by atoms with E-state index in [1.165, 1.54) is 0 Å². The van der Waals surface area contributed by atoms with E-state index in [9.17, 15) is 0 Å². The van der Waals surface area contributed by atoms with Crippen molar-refractivity contribution >= 4 is 33.3 Å². The van der Waals surface area contributed by atoms with Crippen molar-refractivity contribution < 1.29 is 0 Å². The lowest BCUT2D eigenvalue weighted by atomic mass is 10.3. The summed E-state index contributed by atoms with van der Waals surface area (Å²) < 4.78 is 0.901. The second kappa shape index (κ2) is 4.29. The lowest BCUT2D eigenvalue weighted by Crippen LogP contribution is -2.26. The summed E-state index contributed by atoms with van der Waals surface area (Å²) in [6, 6.07) is 2.24. The van der Waals surface area contributed by atoms with Crippen LogP contribution in [0.5, 0.6) is 0 Å². The monoisotopic (exact) mass is 262 g/mol. The average molecular weight is 264 g/mol. The molecule has 4 heteroatoms. The van der Waals surface area contributed by atoms with Crippen molar-refractivity contribution in [2.75, 3.05) is 11.9 Å². The fraction of sp³-hybridized carbons (Fsp3) is 0.444. The standard InChI is InChI=1S/C9H12BrClN2/c1-6(2)13(3)9-8(11)4-7(10)5-12-9/h4-6H,1-3H3. The van der Waals surface area contributed by atoms with Crippen molar-refractivity contribution in [2.45, 2.75) is 19.9 Å². The van der Waals surface area contributed by atoms with E-state index in [0.29, 0.717) is 11.1 Å². The van der Waals surface area contributed by atoms with E-state index in [1.54, 1.807) is 6.20 Å². The second-order valence-corrected chi connectivity index (χ2v) is 4.49. The Bertz CT molecular complexity index is 302. The van der Waals surface area contributed by atoms with Crippen LogP contribution in [0.4, 0.5) is 5.82 Å². The van der Waals surface area contributed by atoms with Gasteiger partial charge in [0.05, 0.1) is 5.02 Å². The molecule has 0 unspecified atom stereocenters. The molecule has 0 saturated carbocycles. The summed E-state index contributed by atoms with van der Waals surface area (Å²) in [6.45, 7) is 4.19. The SMILES string of the molecule is CC(C)N(C)c1ncc(Br)cc1Cl. The predicted molar refractivity (Wildman–Crippen MR) is 60.5 cm³/mol. The van der Waals surface area contributed by atoms with Crippen LogP contribution in [0.3, 0.4) is 0 Å². The quantitative estimate of drug-likeness (QED) is 0.813. The third-order valence-electron chi connectivity index (χ3n) is 1.90. The molecule has 0 aliphatic carbocycles. The highest BCUT2D eigenvalue weighted by Crippen LogP contribution is 2.26. The lowest BCUT2D eigenvalue weighted by molar-refractivity contribution is 0.743. The highest BCUT2D eigenvalue weighted by molar-refractivity contribution is 9.10. The van der Waals surface area contributed by atoms with Crippen molar-refractivity contribution in [3.8, 4) is 0 Å². The first-order chi connectivity index (χ1) is 6.02. The van der Waals surface area contributed by atoms with Gasteiger partial charge < -0.3 is 4.90 Å². The van der Waals surface area contributed by atoms with Crippen LogP contribution in [0.25, 0.3) is 0 Å². The maximum atomic E-state index is 6.03. The summed E-state index contributed by atoms with van der Waals surface area (Å²) >= 11 is 9.35. The number of nitrogens with zero attached hydrogens (tertiary/aromatic N) is 2. The number of anilines is 1. The Hall–Kier alpha value is -0.280. The average Bonchev–Trinajstić information content (AvgIpc) is 2.03. The zero-order chi connectivity index (χ0) is 10.0. The molecule has 72 valence electrons. The largest absolute Gasteiger partial charge is 0.356 e. The molecule has 0 saturated heterocycles. The summed E-state index contributed by atoms with van der Waals surface area (Å²) in [7, 11) is 1.98. The van der Waals surface area contributed by atoms with Gasteiger partial charge >= 0.3 is 0 Å². The van der Waals surface area contributed by atoms with Crippen LogP contribution >= 0.6 is 27.5 Å². The van der Waals surface area contributed by atoms with Crippen molar-refractivity contribution in [3.63, 3.8) is 0 Å². The van der Waals surface area contributed by atoms with Crippen LogP contribution < -0.4 is 4.90 Å².